The summed E-state index contributed by atoms with van der Waals surface area (Å²) >= 11 is 0. The Bertz CT molecular complexity index is 1900. The van der Waals surface area contributed by atoms with Crippen molar-refractivity contribution in [3.05, 3.63) is 65.2 Å². The Morgan fingerprint density at radius 1 is 0.521 bits per heavy atom. The Hall–Kier alpha value is -5.05. The van der Waals surface area contributed by atoms with Crippen LogP contribution < -0.4 is 32.7 Å². The molecule has 1 aliphatic heterocycles. The van der Waals surface area contributed by atoms with Gasteiger partial charge in [0.1, 0.15) is 24.4 Å². The molecule has 0 spiro atoms. The average Bonchev–Trinajstić information content (AvgIpc) is 3.33. The van der Waals surface area contributed by atoms with Gasteiger partial charge in [0.15, 0.2) is 0 Å². The maximum absolute atomic E-state index is 13.2. The van der Waals surface area contributed by atoms with Crippen LogP contribution in [-0.2, 0) is 73.1 Å². The van der Waals surface area contributed by atoms with E-state index in [1.165, 1.54) is 0 Å². The number of anilines is 1. The van der Waals surface area contributed by atoms with E-state index < -0.39 is 17.2 Å². The fraction of sp³-hybridized carbons (Fsp3) is 0.642. The highest BCUT2D eigenvalue weighted by Crippen LogP contribution is 2.26. The van der Waals surface area contributed by atoms with Crippen molar-refractivity contribution in [2.45, 2.75) is 97.8 Å². The fourth-order valence-electron chi connectivity index (χ4n) is 6.03. The molecule has 0 aromatic heterocycles. The maximum Gasteiger partial charge on any atom is 0.332 e. The van der Waals surface area contributed by atoms with Gasteiger partial charge in [-0.05, 0) is 84.6 Å². The van der Waals surface area contributed by atoms with Crippen LogP contribution in [0.3, 0.4) is 0 Å². The number of para-hydroxylation sites is 1. The van der Waals surface area contributed by atoms with Gasteiger partial charge in [-0.2, -0.15) is 0 Å². The van der Waals surface area contributed by atoms with Gasteiger partial charge in [0.2, 0.25) is 17.7 Å². The zero-order chi connectivity index (χ0) is 54.0. The van der Waals surface area contributed by atoms with E-state index in [2.05, 4.69) is 22.5 Å². The predicted octanol–water partition coefficient (Wildman–Crippen LogP) is 3.15. The quantitative estimate of drug-likeness (QED) is 0.0383. The third-order valence-electron chi connectivity index (χ3n) is 9.22. The van der Waals surface area contributed by atoms with E-state index in [0.29, 0.717) is 118 Å². The van der Waals surface area contributed by atoms with E-state index in [1.54, 1.807) is 25.7 Å². The molecule has 73 heavy (non-hydrogen) atoms. The Morgan fingerprint density at radius 2 is 0.986 bits per heavy atom. The molecule has 8 N–H and O–H groups in total. The van der Waals surface area contributed by atoms with E-state index >= 15 is 0 Å². The van der Waals surface area contributed by atoms with E-state index in [-0.39, 0.29) is 62.8 Å². The van der Waals surface area contributed by atoms with Crippen molar-refractivity contribution in [3.8, 4) is 11.8 Å². The first kappa shape index (κ1) is 66.0. The molecule has 0 atom stereocenters. The summed E-state index contributed by atoms with van der Waals surface area (Å²) in [6.07, 6.45) is 3.12. The van der Waals surface area contributed by atoms with Crippen molar-refractivity contribution in [2.24, 2.45) is 17.2 Å². The summed E-state index contributed by atoms with van der Waals surface area (Å²) < 4.78 is 47.1. The summed E-state index contributed by atoms with van der Waals surface area (Å²) in [7, 11) is 0. The largest absolute Gasteiger partial charge is 0.459 e. The molecule has 1 aliphatic rings. The number of benzene rings is 2. The Labute approximate surface area is 433 Å². The number of carbonyl (C=O) groups excluding carboxylic acids is 5. The van der Waals surface area contributed by atoms with Gasteiger partial charge in [-0.15, -0.1) is 0 Å². The molecule has 20 heteroatoms. The van der Waals surface area contributed by atoms with Crippen molar-refractivity contribution in [3.63, 3.8) is 0 Å². The average molecular weight is 1030 g/mol. The summed E-state index contributed by atoms with van der Waals surface area (Å²) in [4.78, 5) is 61.0. The van der Waals surface area contributed by atoms with Crippen LogP contribution in [-0.4, -0.2) is 166 Å². The molecule has 0 saturated heterocycles. The van der Waals surface area contributed by atoms with Crippen LogP contribution in [0.5, 0.6) is 0 Å². The van der Waals surface area contributed by atoms with Crippen molar-refractivity contribution in [1.82, 2.24) is 10.6 Å². The fourth-order valence-corrected chi connectivity index (χ4v) is 6.03. The first-order chi connectivity index (χ1) is 35.0. The monoisotopic (exact) mass is 1030 g/mol. The smallest absolute Gasteiger partial charge is 0.332 e. The number of rotatable bonds is 34. The first-order valence-electron chi connectivity index (χ1n) is 25.1. The van der Waals surface area contributed by atoms with Crippen LogP contribution in [0.1, 0.15) is 96.8 Å². The predicted molar refractivity (Wildman–Crippen MR) is 278 cm³/mol. The van der Waals surface area contributed by atoms with E-state index in [0.717, 1.165) is 35.2 Å². The highest BCUT2D eigenvalue weighted by atomic mass is 16.6. The van der Waals surface area contributed by atoms with Crippen LogP contribution in [0.2, 0.25) is 0 Å². The lowest BCUT2D eigenvalue weighted by atomic mass is 10.0. The van der Waals surface area contributed by atoms with Gasteiger partial charge in [0.05, 0.1) is 78.3 Å². The van der Waals surface area contributed by atoms with E-state index in [4.69, 9.17) is 59.8 Å². The van der Waals surface area contributed by atoms with Gasteiger partial charge >= 0.3 is 11.9 Å². The van der Waals surface area contributed by atoms with Gasteiger partial charge in [0, 0.05) is 76.4 Å². The van der Waals surface area contributed by atoms with Gasteiger partial charge in [-0.3, -0.25) is 19.2 Å². The maximum atomic E-state index is 13.2. The molecule has 2 aromatic rings. The summed E-state index contributed by atoms with van der Waals surface area (Å²) in [5.74, 6) is 5.23. The molecule has 0 fully saturated rings. The second kappa shape index (κ2) is 41.3. The molecular weight excluding hydrogens is 945 g/mol. The highest BCUT2D eigenvalue weighted by Gasteiger charge is 2.21. The summed E-state index contributed by atoms with van der Waals surface area (Å²) in [6.45, 7) is 19.4. The van der Waals surface area contributed by atoms with Crippen LogP contribution in [0, 0.1) is 11.8 Å². The standard InChI is InChI=1S/C29H37N3O6.C12H24N2O4.C12H25NO4/c30-13-16-36-18-20-38-22-21-37-19-17-35-15-12-28(33)31-14-11-29(34)32-23-26-7-2-1-5-24(26)9-10-25-6-3-4-8-27(25)32;1-12(2,3)18-11(16)9-14-10(15)5-4-7-17-8-6-13;1-12(2,3)17-11(14)10-16-8-5-4-7-15-9-6-13/h1-8H,11-23,30H2,(H,31,33);4-9,13H2,1-3H3,(H,14,15);4-10,13H2,1-3H3. The van der Waals surface area contributed by atoms with Gasteiger partial charge < -0.3 is 75.4 Å². The molecular formula is C53H86N6O14. The molecule has 0 aliphatic carbocycles. The molecule has 0 radical (unpaired) electrons. The zero-order valence-electron chi connectivity index (χ0n) is 44.4. The molecule has 0 unspecified atom stereocenters. The lowest BCUT2D eigenvalue weighted by molar-refractivity contribution is -0.160. The van der Waals surface area contributed by atoms with E-state index in [9.17, 15) is 24.0 Å². The number of esters is 2. The second-order valence-corrected chi connectivity index (χ2v) is 18.1. The third kappa shape index (κ3) is 37.4. The second-order valence-electron chi connectivity index (χ2n) is 18.1. The molecule has 0 saturated carbocycles. The van der Waals surface area contributed by atoms with Crippen molar-refractivity contribution in [2.75, 3.05) is 130 Å². The Balaban J connectivity index is 0.000000634. The van der Waals surface area contributed by atoms with Crippen LogP contribution in [0.15, 0.2) is 48.5 Å². The van der Waals surface area contributed by atoms with Crippen LogP contribution in [0.25, 0.3) is 0 Å². The molecule has 20 nitrogen and oxygen atoms in total. The van der Waals surface area contributed by atoms with E-state index in [1.807, 2.05) is 69.3 Å². The lowest BCUT2D eigenvalue weighted by Gasteiger charge is -2.26. The molecule has 412 valence electrons. The molecule has 0 bridgehead atoms. The lowest BCUT2D eigenvalue weighted by Crippen LogP contribution is -2.35. The number of carbonyl (C=O) groups is 5. The van der Waals surface area contributed by atoms with Crippen molar-refractivity contribution >= 4 is 35.3 Å². The highest BCUT2D eigenvalue weighted by molar-refractivity contribution is 5.95. The normalized spacial score (nSPS) is 11.7. The van der Waals surface area contributed by atoms with Gasteiger partial charge in [-0.1, -0.05) is 42.2 Å². The number of nitrogens with one attached hydrogen (secondary N) is 2. The summed E-state index contributed by atoms with van der Waals surface area (Å²) in [6, 6.07) is 15.5. The minimum Gasteiger partial charge on any atom is -0.459 e. The summed E-state index contributed by atoms with van der Waals surface area (Å²) in [5, 5.41) is 5.31. The van der Waals surface area contributed by atoms with Crippen LogP contribution in [0.4, 0.5) is 5.69 Å². The number of nitrogens with two attached hydrogens (primary N) is 3. The Morgan fingerprint density at radius 3 is 1.58 bits per heavy atom. The van der Waals surface area contributed by atoms with Gasteiger partial charge in [0.25, 0.3) is 0 Å². The minimum atomic E-state index is -0.530. The number of ether oxygens (including phenoxy) is 9. The topological polar surface area (TPSA) is 274 Å². The van der Waals surface area contributed by atoms with Crippen molar-refractivity contribution in [1.29, 1.82) is 0 Å². The number of nitrogens with zero attached hydrogens (tertiary/aromatic N) is 1. The SMILES string of the molecule is CC(C)(C)OC(=O)CNC(=O)CCCOCCN.CC(C)(C)OC(=O)COCCCCOCCN.NCCOCCOCCOCCOCCC(=O)NCCC(=O)N1Cc2ccccc2C#Cc2ccccc21. The van der Waals surface area contributed by atoms with Crippen LogP contribution >= 0.6 is 0 Å². The summed E-state index contributed by atoms with van der Waals surface area (Å²) in [5.41, 5.74) is 18.4. The molecule has 3 amide bonds. The molecule has 3 rings (SSSR count). The zero-order valence-corrected chi connectivity index (χ0v) is 44.4. The number of hydrogen-bond acceptors (Lipinski definition) is 17. The number of unbranched alkanes of at least 4 members (excludes halogenated alkanes) is 1. The number of amides is 3. The van der Waals surface area contributed by atoms with Gasteiger partial charge in [-0.25, -0.2) is 4.79 Å². The third-order valence-corrected chi connectivity index (χ3v) is 9.22. The number of hydrogen-bond donors (Lipinski definition) is 5. The Kier molecular flexibility index (Phi) is 37.3. The first-order valence-corrected chi connectivity index (χ1v) is 25.1. The molecule has 2 aromatic carbocycles. The minimum absolute atomic E-state index is 0.0148. The number of fused-ring (bicyclic) bond motifs is 2. The van der Waals surface area contributed by atoms with Crippen molar-refractivity contribution < 1.29 is 66.6 Å². The molecule has 1 heterocycles.